The number of allylic oxidation sites excluding steroid dienone is 2. The number of ketones is 1. The highest BCUT2D eigenvalue weighted by Gasteiger charge is 2.51. The molecule has 5 atom stereocenters. The first kappa shape index (κ1) is 44.1. The Morgan fingerprint density at radius 3 is 2.14 bits per heavy atom. The number of hydrogen-bond acceptors (Lipinski definition) is 6. The molecule has 0 radical (unpaired) electrons. The van der Waals surface area contributed by atoms with Crippen molar-refractivity contribution in [1.82, 2.24) is 20.9 Å². The zero-order valence-electron chi connectivity index (χ0n) is 34.3. The lowest BCUT2D eigenvalue weighted by Crippen LogP contribution is -2.68. The van der Waals surface area contributed by atoms with Crippen LogP contribution in [-0.2, 0) is 34.8 Å². The van der Waals surface area contributed by atoms with Gasteiger partial charge in [0.2, 0.25) is 23.6 Å². The van der Waals surface area contributed by atoms with Gasteiger partial charge in [0.05, 0.1) is 0 Å². The fraction of sp³-hybridized carbons (Fsp3) is 0.444. The van der Waals surface area contributed by atoms with E-state index in [0.29, 0.717) is 19.3 Å². The van der Waals surface area contributed by atoms with Crippen molar-refractivity contribution in [3.8, 4) is 0 Å². The van der Waals surface area contributed by atoms with Gasteiger partial charge in [-0.3, -0.25) is 24.0 Å². The van der Waals surface area contributed by atoms with Crippen molar-refractivity contribution in [3.63, 3.8) is 0 Å². The minimum absolute atomic E-state index is 0.0973. The SMILES string of the molecule is CC[C@]1(C)NC(=O)[C@H](CCC=CCC(=O)[C@@H](C)O[Si](c2ccccc2)(c2ccccc2)C(C)(C)C)NC(=O)[C@H]2CCCN2C(=O)[C@H](Cc2ccc(F)c(F)c2)NC1=O. The Kier molecular flexibility index (Phi) is 14.2. The zero-order valence-corrected chi connectivity index (χ0v) is 35.3. The molecule has 2 fully saturated rings. The largest absolute Gasteiger partial charge is 0.398 e. The maximum atomic E-state index is 14.1. The third kappa shape index (κ3) is 9.81. The second-order valence-electron chi connectivity index (χ2n) is 16.5. The number of halogens is 2. The second-order valence-corrected chi connectivity index (χ2v) is 20.8. The van der Waals surface area contributed by atoms with E-state index in [2.05, 4.69) is 61.0 Å². The quantitative estimate of drug-likeness (QED) is 0.164. The van der Waals surface area contributed by atoms with Crippen LogP contribution in [-0.4, -0.2) is 78.9 Å². The lowest BCUT2D eigenvalue weighted by Gasteiger charge is -2.44. The van der Waals surface area contributed by atoms with Gasteiger partial charge in [-0.25, -0.2) is 8.78 Å². The maximum absolute atomic E-state index is 14.1. The number of Topliss-reactive ketones (excluding diaryl/α,β-unsaturated/α-hetero) is 1. The van der Waals surface area contributed by atoms with Gasteiger partial charge in [0.1, 0.15) is 29.8 Å². The summed E-state index contributed by atoms with van der Waals surface area (Å²) in [6.45, 7) is 11.7. The van der Waals surface area contributed by atoms with Crippen molar-refractivity contribution in [2.75, 3.05) is 6.54 Å². The first-order valence-corrected chi connectivity index (χ1v) is 22.1. The summed E-state index contributed by atoms with van der Waals surface area (Å²) < 4.78 is 34.8. The number of amides is 4. The molecule has 2 aliphatic rings. The lowest BCUT2D eigenvalue weighted by molar-refractivity contribution is -0.144. The number of carbonyl (C=O) groups is 5. The number of rotatable bonds is 13. The summed E-state index contributed by atoms with van der Waals surface area (Å²) >= 11 is 0. The van der Waals surface area contributed by atoms with E-state index in [-0.39, 0.29) is 48.6 Å². The van der Waals surface area contributed by atoms with Gasteiger partial charge in [-0.2, -0.15) is 0 Å². The average Bonchev–Trinajstić information content (AvgIpc) is 3.70. The van der Waals surface area contributed by atoms with Crippen molar-refractivity contribution < 1.29 is 37.2 Å². The molecule has 3 aromatic carbocycles. The summed E-state index contributed by atoms with van der Waals surface area (Å²) in [5.41, 5.74) is -1.19. The summed E-state index contributed by atoms with van der Waals surface area (Å²) in [6, 6.07) is 20.3. The van der Waals surface area contributed by atoms with Gasteiger partial charge in [-0.15, -0.1) is 0 Å². The Balaban J connectivity index is 1.29. The van der Waals surface area contributed by atoms with E-state index in [9.17, 15) is 32.8 Å². The Bertz CT molecular complexity index is 1950. The molecule has 58 heavy (non-hydrogen) atoms. The van der Waals surface area contributed by atoms with Gasteiger partial charge in [0, 0.05) is 19.4 Å². The number of hydrogen-bond donors (Lipinski definition) is 3. The van der Waals surface area contributed by atoms with Gasteiger partial charge < -0.3 is 25.3 Å². The monoisotopic (exact) mass is 814 g/mol. The van der Waals surface area contributed by atoms with Crippen molar-refractivity contribution in [2.24, 2.45) is 0 Å². The van der Waals surface area contributed by atoms with E-state index in [4.69, 9.17) is 4.43 Å². The van der Waals surface area contributed by atoms with Crippen LogP contribution in [0.3, 0.4) is 0 Å². The van der Waals surface area contributed by atoms with Crippen molar-refractivity contribution in [2.45, 2.75) is 121 Å². The smallest absolute Gasteiger partial charge is 0.262 e. The highest BCUT2D eigenvalue weighted by molar-refractivity contribution is 6.99. The molecule has 10 nitrogen and oxygen atoms in total. The first-order valence-electron chi connectivity index (χ1n) is 20.1. The third-order valence-electron chi connectivity index (χ3n) is 11.4. The lowest BCUT2D eigenvalue weighted by atomic mass is 9.94. The van der Waals surface area contributed by atoms with Gasteiger partial charge >= 0.3 is 0 Å². The third-order valence-corrected chi connectivity index (χ3v) is 16.5. The second kappa shape index (κ2) is 18.7. The molecule has 0 saturated carbocycles. The first-order chi connectivity index (χ1) is 27.5. The molecule has 5 rings (SSSR count). The Labute approximate surface area is 341 Å². The fourth-order valence-corrected chi connectivity index (χ4v) is 12.6. The van der Waals surface area contributed by atoms with Crippen LogP contribution >= 0.6 is 0 Å². The van der Waals surface area contributed by atoms with E-state index >= 15 is 0 Å². The minimum Gasteiger partial charge on any atom is -0.398 e. The van der Waals surface area contributed by atoms with Crippen molar-refractivity contribution in [1.29, 1.82) is 0 Å². The summed E-state index contributed by atoms with van der Waals surface area (Å²) in [4.78, 5) is 70.4. The molecular formula is C45H56F2N4O6Si. The van der Waals surface area contributed by atoms with Crippen LogP contribution in [0.25, 0.3) is 0 Å². The van der Waals surface area contributed by atoms with E-state index in [1.165, 1.54) is 17.9 Å². The Morgan fingerprint density at radius 2 is 1.55 bits per heavy atom. The molecule has 4 amide bonds. The van der Waals surface area contributed by atoms with Crippen LogP contribution in [0.15, 0.2) is 91.0 Å². The van der Waals surface area contributed by atoms with Crippen LogP contribution in [0.4, 0.5) is 8.78 Å². The number of nitrogens with zero attached hydrogens (tertiary/aromatic N) is 1. The number of fused-ring (bicyclic) bond motifs is 1. The standard InChI is InChI=1S/C45H56F2N4O6Si/c1-7-45(6)43(56)49-37(29-31-25-26-34(46)35(47)28-31)42(55)51-27-17-23-38(51)41(54)48-36(40(53)50-45)22-15-10-16-24-39(52)30(2)57-58(44(3,4)5,32-18-11-8-12-19-32)33-20-13-9-14-21-33/h8-14,16,18-21,25-26,28,30,36-38H,7,15,17,22-24,27,29H2,1-6H3,(H,48,54)(H,49,56)(H,50,53)/t30-,36+,37+,38-,45+/m1/s1. The van der Waals surface area contributed by atoms with E-state index in [1.807, 2.05) is 36.4 Å². The van der Waals surface area contributed by atoms with Gasteiger partial charge in [0.25, 0.3) is 8.32 Å². The predicted octanol–water partition coefficient (Wildman–Crippen LogP) is 5.03. The molecular weight excluding hydrogens is 759 g/mol. The molecule has 0 unspecified atom stereocenters. The molecule has 2 aliphatic heterocycles. The number of carbonyl (C=O) groups excluding carboxylic acids is 5. The van der Waals surface area contributed by atoms with E-state index < -0.39 is 73.3 Å². The highest BCUT2D eigenvalue weighted by Crippen LogP contribution is 2.37. The molecule has 2 heterocycles. The van der Waals surface area contributed by atoms with Gasteiger partial charge in [0.15, 0.2) is 17.4 Å². The van der Waals surface area contributed by atoms with Crippen LogP contribution < -0.4 is 26.3 Å². The van der Waals surface area contributed by atoms with Gasteiger partial charge in [-0.05, 0) is 79.1 Å². The molecule has 2 saturated heterocycles. The van der Waals surface area contributed by atoms with E-state index in [0.717, 1.165) is 22.5 Å². The zero-order chi connectivity index (χ0) is 42.3. The van der Waals surface area contributed by atoms with Crippen LogP contribution in [0, 0.1) is 11.6 Å². The number of nitrogens with one attached hydrogen (secondary N) is 3. The summed E-state index contributed by atoms with van der Waals surface area (Å²) in [6.07, 6.45) is 4.29. The van der Waals surface area contributed by atoms with Crippen LogP contribution in [0.5, 0.6) is 0 Å². The summed E-state index contributed by atoms with van der Waals surface area (Å²) in [5.74, 6) is -4.46. The Hall–Kier alpha value is -5.01. The number of benzene rings is 3. The average molecular weight is 815 g/mol. The summed E-state index contributed by atoms with van der Waals surface area (Å²) in [5, 5.41) is 10.2. The molecule has 0 bridgehead atoms. The predicted molar refractivity (Wildman–Crippen MR) is 222 cm³/mol. The van der Waals surface area contributed by atoms with Crippen molar-refractivity contribution in [3.05, 3.63) is 108 Å². The molecule has 0 aromatic heterocycles. The maximum Gasteiger partial charge on any atom is 0.262 e. The van der Waals surface area contributed by atoms with Gasteiger partial charge in [-0.1, -0.05) is 107 Å². The van der Waals surface area contributed by atoms with Crippen LogP contribution in [0.1, 0.15) is 85.6 Å². The van der Waals surface area contributed by atoms with Crippen LogP contribution in [0.2, 0.25) is 5.04 Å². The Morgan fingerprint density at radius 1 is 0.914 bits per heavy atom. The topological polar surface area (TPSA) is 134 Å². The summed E-state index contributed by atoms with van der Waals surface area (Å²) in [7, 11) is -2.96. The molecule has 3 N–H and O–H groups in total. The normalized spacial score (nSPS) is 22.7. The minimum atomic E-state index is -2.96. The molecule has 310 valence electrons. The fourth-order valence-electron chi connectivity index (χ4n) is 7.89. The molecule has 13 heteroatoms. The highest BCUT2D eigenvalue weighted by atomic mass is 28.4. The van der Waals surface area contributed by atoms with Crippen molar-refractivity contribution >= 4 is 48.1 Å². The molecule has 0 aliphatic carbocycles. The molecule has 3 aromatic rings. The molecule has 0 spiro atoms. The van der Waals surface area contributed by atoms with E-state index in [1.54, 1.807) is 26.0 Å².